The summed E-state index contributed by atoms with van der Waals surface area (Å²) in [6.45, 7) is 0.607. The summed E-state index contributed by atoms with van der Waals surface area (Å²) in [6.07, 6.45) is 2.83. The van der Waals surface area contributed by atoms with Crippen LogP contribution in [0.3, 0.4) is 0 Å². The number of ketones is 1. The molecule has 76 valence electrons. The maximum atomic E-state index is 11.6. The summed E-state index contributed by atoms with van der Waals surface area (Å²) in [6, 6.07) is 3.60. The highest BCUT2D eigenvalue weighted by molar-refractivity contribution is 9.10. The van der Waals surface area contributed by atoms with Crippen LogP contribution in [0.2, 0.25) is 0 Å². The van der Waals surface area contributed by atoms with Gasteiger partial charge in [-0.05, 0) is 34.5 Å². The van der Waals surface area contributed by atoms with Crippen molar-refractivity contribution in [1.82, 2.24) is 4.98 Å². The van der Waals surface area contributed by atoms with Crippen LogP contribution in [0.25, 0.3) is 0 Å². The Labute approximate surface area is 91.6 Å². The minimum Gasteiger partial charge on any atom is -0.385 e. The average Bonchev–Trinajstić information content (AvgIpc) is 2.18. The van der Waals surface area contributed by atoms with Gasteiger partial charge in [0.2, 0.25) is 0 Å². The molecule has 0 aliphatic heterocycles. The molecule has 0 atom stereocenters. The number of pyridine rings is 1. The van der Waals surface area contributed by atoms with Crippen molar-refractivity contribution in [2.24, 2.45) is 0 Å². The van der Waals surface area contributed by atoms with Gasteiger partial charge in [0.25, 0.3) is 0 Å². The molecule has 0 N–H and O–H groups in total. The fourth-order valence-corrected chi connectivity index (χ4v) is 1.56. The first-order valence-electron chi connectivity index (χ1n) is 4.38. The predicted molar refractivity (Wildman–Crippen MR) is 57.4 cm³/mol. The third-order valence-electron chi connectivity index (χ3n) is 1.77. The number of carbonyl (C=O) groups excluding carboxylic acids is 1. The third kappa shape index (κ3) is 3.20. The molecule has 0 unspecified atom stereocenters. The zero-order valence-corrected chi connectivity index (χ0v) is 9.58. The maximum Gasteiger partial charge on any atom is 0.182 e. The quantitative estimate of drug-likeness (QED) is 0.601. The van der Waals surface area contributed by atoms with Crippen molar-refractivity contribution in [1.29, 1.82) is 0 Å². The Balaban J connectivity index is 2.56. The molecule has 1 heterocycles. The standard InChI is InChI=1S/C10H12BrNO2/c1-14-7-3-5-9(13)10-8(11)4-2-6-12-10/h2,4,6H,3,5,7H2,1H3. The predicted octanol–water partition coefficient (Wildman–Crippen LogP) is 2.45. The van der Waals surface area contributed by atoms with E-state index in [1.165, 1.54) is 0 Å². The highest BCUT2D eigenvalue weighted by Crippen LogP contribution is 2.15. The maximum absolute atomic E-state index is 11.6. The molecular formula is C10H12BrNO2. The zero-order valence-electron chi connectivity index (χ0n) is 8.00. The number of methoxy groups -OCH3 is 1. The molecule has 0 fully saturated rings. The van der Waals surface area contributed by atoms with Gasteiger partial charge < -0.3 is 4.74 Å². The van der Waals surface area contributed by atoms with Crippen molar-refractivity contribution in [3.05, 3.63) is 28.5 Å². The Morgan fingerprint density at radius 1 is 1.64 bits per heavy atom. The third-order valence-corrected chi connectivity index (χ3v) is 2.41. The number of nitrogens with zero attached hydrogens (tertiary/aromatic N) is 1. The highest BCUT2D eigenvalue weighted by Gasteiger charge is 2.09. The monoisotopic (exact) mass is 257 g/mol. The summed E-state index contributed by atoms with van der Waals surface area (Å²) in [5, 5.41) is 0. The van der Waals surface area contributed by atoms with Crippen LogP contribution in [0.5, 0.6) is 0 Å². The van der Waals surface area contributed by atoms with Gasteiger partial charge >= 0.3 is 0 Å². The summed E-state index contributed by atoms with van der Waals surface area (Å²) < 4.78 is 5.63. The summed E-state index contributed by atoms with van der Waals surface area (Å²) in [7, 11) is 1.63. The van der Waals surface area contributed by atoms with Gasteiger partial charge in [-0.3, -0.25) is 9.78 Å². The van der Waals surface area contributed by atoms with Crippen molar-refractivity contribution in [3.8, 4) is 0 Å². The molecule has 4 heteroatoms. The van der Waals surface area contributed by atoms with Gasteiger partial charge in [-0.2, -0.15) is 0 Å². The van der Waals surface area contributed by atoms with Crippen LogP contribution >= 0.6 is 15.9 Å². The van der Waals surface area contributed by atoms with Gasteiger partial charge in [-0.1, -0.05) is 0 Å². The second-order valence-electron chi connectivity index (χ2n) is 2.85. The Morgan fingerprint density at radius 2 is 2.43 bits per heavy atom. The average molecular weight is 258 g/mol. The van der Waals surface area contributed by atoms with Crippen LogP contribution < -0.4 is 0 Å². The molecule has 0 amide bonds. The second-order valence-corrected chi connectivity index (χ2v) is 3.71. The number of hydrogen-bond acceptors (Lipinski definition) is 3. The highest BCUT2D eigenvalue weighted by atomic mass is 79.9. The van der Waals surface area contributed by atoms with Crippen LogP contribution in [-0.2, 0) is 4.74 Å². The summed E-state index contributed by atoms with van der Waals surface area (Å²) in [4.78, 5) is 15.6. The Kier molecular flexibility index (Phi) is 4.76. The van der Waals surface area contributed by atoms with Crippen LogP contribution in [0, 0.1) is 0 Å². The van der Waals surface area contributed by atoms with E-state index in [4.69, 9.17) is 4.74 Å². The second kappa shape index (κ2) is 5.88. The molecule has 3 nitrogen and oxygen atoms in total. The van der Waals surface area contributed by atoms with Crippen molar-refractivity contribution in [2.75, 3.05) is 13.7 Å². The summed E-state index contributed by atoms with van der Waals surface area (Å²) >= 11 is 3.29. The van der Waals surface area contributed by atoms with Gasteiger partial charge in [0, 0.05) is 30.8 Å². The molecule has 0 aliphatic carbocycles. The van der Waals surface area contributed by atoms with E-state index in [1.807, 2.05) is 6.07 Å². The van der Waals surface area contributed by atoms with Crippen LogP contribution in [0.1, 0.15) is 23.3 Å². The normalized spacial score (nSPS) is 10.1. The van der Waals surface area contributed by atoms with Gasteiger partial charge in [-0.15, -0.1) is 0 Å². The lowest BCUT2D eigenvalue weighted by Gasteiger charge is -2.01. The van der Waals surface area contributed by atoms with Gasteiger partial charge in [0.05, 0.1) is 0 Å². The van der Waals surface area contributed by atoms with Gasteiger partial charge in [-0.25, -0.2) is 0 Å². The minimum atomic E-state index is 0.0505. The molecule has 1 rings (SSSR count). The Bertz CT molecular complexity index is 315. The Morgan fingerprint density at radius 3 is 3.07 bits per heavy atom. The zero-order chi connectivity index (χ0) is 10.4. The van der Waals surface area contributed by atoms with Crippen molar-refractivity contribution >= 4 is 21.7 Å². The number of Topliss-reactive ketones (excluding diaryl/α,β-unsaturated/α-hetero) is 1. The number of aromatic nitrogens is 1. The summed E-state index contributed by atoms with van der Waals surface area (Å²) in [5.74, 6) is 0.0505. The molecule has 0 aliphatic rings. The number of halogens is 1. The number of carbonyl (C=O) groups is 1. The van der Waals surface area contributed by atoms with Crippen molar-refractivity contribution in [2.45, 2.75) is 12.8 Å². The molecular weight excluding hydrogens is 246 g/mol. The van der Waals surface area contributed by atoms with E-state index < -0.39 is 0 Å². The molecule has 0 spiro atoms. The molecule has 0 aromatic carbocycles. The first kappa shape index (κ1) is 11.3. The fraction of sp³-hybridized carbons (Fsp3) is 0.400. The lowest BCUT2D eigenvalue weighted by atomic mass is 10.1. The molecule has 0 bridgehead atoms. The molecule has 1 aromatic rings. The van der Waals surface area contributed by atoms with E-state index >= 15 is 0 Å². The van der Waals surface area contributed by atoms with Crippen LogP contribution in [0.4, 0.5) is 0 Å². The van der Waals surface area contributed by atoms with E-state index in [2.05, 4.69) is 20.9 Å². The molecule has 0 saturated carbocycles. The van der Waals surface area contributed by atoms with Gasteiger partial charge in [0.15, 0.2) is 5.78 Å². The first-order valence-corrected chi connectivity index (χ1v) is 5.17. The van der Waals surface area contributed by atoms with Crippen LogP contribution in [-0.4, -0.2) is 24.5 Å². The number of hydrogen-bond donors (Lipinski definition) is 0. The summed E-state index contributed by atoms with van der Waals surface area (Å²) in [5.41, 5.74) is 0.503. The van der Waals surface area contributed by atoms with E-state index in [0.29, 0.717) is 18.7 Å². The minimum absolute atomic E-state index is 0.0505. The van der Waals surface area contributed by atoms with Crippen molar-refractivity contribution in [3.63, 3.8) is 0 Å². The molecule has 14 heavy (non-hydrogen) atoms. The molecule has 0 radical (unpaired) electrons. The topological polar surface area (TPSA) is 39.2 Å². The largest absolute Gasteiger partial charge is 0.385 e. The van der Waals surface area contributed by atoms with Gasteiger partial charge in [0.1, 0.15) is 5.69 Å². The lowest BCUT2D eigenvalue weighted by molar-refractivity contribution is 0.0958. The molecule has 1 aromatic heterocycles. The number of ether oxygens (including phenoxy) is 1. The Hall–Kier alpha value is -0.740. The van der Waals surface area contributed by atoms with E-state index in [1.54, 1.807) is 19.4 Å². The smallest absolute Gasteiger partial charge is 0.182 e. The lowest BCUT2D eigenvalue weighted by Crippen LogP contribution is -2.04. The SMILES string of the molecule is COCCCC(=O)c1ncccc1Br. The van der Waals surface area contributed by atoms with E-state index in [9.17, 15) is 4.79 Å². The number of rotatable bonds is 5. The first-order chi connectivity index (χ1) is 6.75. The van der Waals surface area contributed by atoms with E-state index in [0.717, 1.165) is 10.9 Å². The van der Waals surface area contributed by atoms with Crippen LogP contribution in [0.15, 0.2) is 22.8 Å². The fourth-order valence-electron chi connectivity index (χ4n) is 1.09. The van der Waals surface area contributed by atoms with Crippen molar-refractivity contribution < 1.29 is 9.53 Å². The van der Waals surface area contributed by atoms with E-state index in [-0.39, 0.29) is 5.78 Å². The molecule has 0 saturated heterocycles.